The van der Waals surface area contributed by atoms with Crippen LogP contribution in [0, 0.1) is 12.3 Å². The lowest BCUT2D eigenvalue weighted by molar-refractivity contribution is -0.127. The van der Waals surface area contributed by atoms with Gasteiger partial charge in [-0.25, -0.2) is 0 Å². The van der Waals surface area contributed by atoms with Crippen LogP contribution in [0.2, 0.25) is 0 Å². The maximum absolute atomic E-state index is 12.9. The molecule has 3 rings (SSSR count). The van der Waals surface area contributed by atoms with Crippen LogP contribution in [0.3, 0.4) is 0 Å². The van der Waals surface area contributed by atoms with Gasteiger partial charge in [0.1, 0.15) is 13.2 Å². The fourth-order valence-electron chi connectivity index (χ4n) is 3.02. The van der Waals surface area contributed by atoms with Crippen molar-refractivity contribution in [2.75, 3.05) is 31.3 Å². The number of carbonyl (C=O) groups is 3. The monoisotopic (exact) mass is 560 g/mol. The number of hydrogen-bond donors (Lipinski definition) is 1. The van der Waals surface area contributed by atoms with Gasteiger partial charge in [-0.05, 0) is 82.8 Å². The van der Waals surface area contributed by atoms with Crippen LogP contribution in [-0.4, -0.2) is 48.0 Å². The van der Waals surface area contributed by atoms with Crippen molar-refractivity contribution < 1.29 is 23.9 Å². The molecule has 0 spiro atoms. The number of carbonyl (C=O) groups excluding carboxylic acids is 3. The van der Waals surface area contributed by atoms with E-state index in [1.807, 2.05) is 31.4 Å². The van der Waals surface area contributed by atoms with Crippen molar-refractivity contribution in [3.63, 3.8) is 0 Å². The Balaban J connectivity index is 1.76. The van der Waals surface area contributed by atoms with E-state index in [2.05, 4.69) is 27.2 Å². The summed E-state index contributed by atoms with van der Waals surface area (Å²) in [4.78, 5) is 39.9. The van der Waals surface area contributed by atoms with E-state index in [1.165, 1.54) is 0 Å². The molecule has 1 fully saturated rings. The molecule has 2 aromatic rings. The number of amides is 3. The molecular weight excluding hydrogens is 540 g/mol. The van der Waals surface area contributed by atoms with Crippen molar-refractivity contribution in [3.05, 3.63) is 51.3 Å². The van der Waals surface area contributed by atoms with Gasteiger partial charge in [0.2, 0.25) is 5.91 Å². The number of rotatable bonds is 9. The molecule has 1 heterocycles. The maximum atomic E-state index is 12.9. The predicted octanol–water partition coefficient (Wildman–Crippen LogP) is 5.26. The van der Waals surface area contributed by atoms with Crippen LogP contribution in [-0.2, 0) is 9.59 Å². The molecule has 1 aliphatic rings. The third kappa shape index (κ3) is 6.38. The fourth-order valence-corrected chi connectivity index (χ4v) is 4.89. The minimum Gasteiger partial charge on any atom is -0.490 e. The van der Waals surface area contributed by atoms with Gasteiger partial charge in [0, 0.05) is 10.6 Å². The summed E-state index contributed by atoms with van der Waals surface area (Å²) in [6.45, 7) is 1.92. The van der Waals surface area contributed by atoms with Gasteiger partial charge in [0.15, 0.2) is 11.5 Å². The van der Waals surface area contributed by atoms with Crippen LogP contribution in [0.4, 0.5) is 10.5 Å². The van der Waals surface area contributed by atoms with E-state index >= 15 is 0 Å². The Hall–Kier alpha value is -2.87. The lowest BCUT2D eigenvalue weighted by atomic mass is 10.2. The Labute approximate surface area is 214 Å². The molecule has 7 nitrogen and oxygen atoms in total. The Morgan fingerprint density at radius 3 is 2.79 bits per heavy atom. The SMILES string of the molecule is C#CCOc1c(Br)cc(/C=C2\SC(=O)N(CC(=O)Nc3cccc(SC)c3)C2=O)cc1OCC. The lowest BCUT2D eigenvalue weighted by Gasteiger charge is -2.14. The molecule has 1 saturated heterocycles. The molecule has 0 atom stereocenters. The highest BCUT2D eigenvalue weighted by Crippen LogP contribution is 2.39. The van der Waals surface area contributed by atoms with Crippen molar-refractivity contribution in [3.8, 4) is 23.8 Å². The number of terminal acetylenes is 1. The van der Waals surface area contributed by atoms with E-state index in [4.69, 9.17) is 15.9 Å². The Morgan fingerprint density at radius 1 is 1.29 bits per heavy atom. The molecule has 0 aromatic heterocycles. The molecule has 2 aromatic carbocycles. The second-order valence-corrected chi connectivity index (χ2v) is 9.53. The van der Waals surface area contributed by atoms with Crippen LogP contribution in [0.15, 0.2) is 50.7 Å². The molecule has 3 amide bonds. The van der Waals surface area contributed by atoms with Gasteiger partial charge in [-0.3, -0.25) is 19.3 Å². The number of imide groups is 1. The summed E-state index contributed by atoms with van der Waals surface area (Å²) < 4.78 is 11.8. The molecule has 1 N–H and O–H groups in total. The number of benzene rings is 2. The van der Waals surface area contributed by atoms with E-state index in [1.54, 1.807) is 36.0 Å². The van der Waals surface area contributed by atoms with Crippen molar-refractivity contribution in [2.24, 2.45) is 0 Å². The van der Waals surface area contributed by atoms with Gasteiger partial charge < -0.3 is 14.8 Å². The second kappa shape index (κ2) is 12.0. The summed E-state index contributed by atoms with van der Waals surface area (Å²) in [5.74, 6) is 2.31. The van der Waals surface area contributed by atoms with E-state index in [-0.39, 0.29) is 18.1 Å². The molecule has 176 valence electrons. The maximum Gasteiger partial charge on any atom is 0.294 e. The first kappa shape index (κ1) is 25.7. The van der Waals surface area contributed by atoms with Crippen LogP contribution in [0.25, 0.3) is 6.08 Å². The standard InChI is InChI=1S/C24H21BrN2O5S2/c1-4-9-32-22-18(25)10-15(11-19(22)31-5-2)12-20-23(29)27(24(30)34-20)14-21(28)26-16-7-6-8-17(13-16)33-3/h1,6-8,10-13H,5,9,14H2,2-3H3,(H,26,28)/b20-12-. The van der Waals surface area contributed by atoms with Crippen molar-refractivity contribution in [1.29, 1.82) is 0 Å². The minimum absolute atomic E-state index is 0.0700. The summed E-state index contributed by atoms with van der Waals surface area (Å²) in [5.41, 5.74) is 1.21. The van der Waals surface area contributed by atoms with E-state index < -0.39 is 17.1 Å². The zero-order valence-corrected chi connectivity index (χ0v) is 21.6. The number of hydrogen-bond acceptors (Lipinski definition) is 7. The van der Waals surface area contributed by atoms with Crippen molar-refractivity contribution in [1.82, 2.24) is 4.90 Å². The van der Waals surface area contributed by atoms with E-state index in [0.717, 1.165) is 21.6 Å². The molecule has 0 saturated carbocycles. The van der Waals surface area contributed by atoms with Crippen LogP contribution >= 0.6 is 39.5 Å². The molecule has 34 heavy (non-hydrogen) atoms. The number of anilines is 1. The molecule has 0 radical (unpaired) electrons. The lowest BCUT2D eigenvalue weighted by Crippen LogP contribution is -2.36. The third-order valence-corrected chi connectivity index (χ3v) is 6.68. The first-order valence-corrected chi connectivity index (χ1v) is 12.9. The Morgan fingerprint density at radius 2 is 2.09 bits per heavy atom. The smallest absolute Gasteiger partial charge is 0.294 e. The average Bonchev–Trinajstić information content (AvgIpc) is 3.06. The predicted molar refractivity (Wildman–Crippen MR) is 139 cm³/mol. The highest BCUT2D eigenvalue weighted by molar-refractivity contribution is 9.10. The Bertz CT molecular complexity index is 1190. The minimum atomic E-state index is -0.537. The highest BCUT2D eigenvalue weighted by Gasteiger charge is 2.36. The summed E-state index contributed by atoms with van der Waals surface area (Å²) in [6, 6.07) is 10.7. The largest absolute Gasteiger partial charge is 0.490 e. The summed E-state index contributed by atoms with van der Waals surface area (Å²) >= 11 is 5.75. The topological polar surface area (TPSA) is 84.9 Å². The molecule has 0 unspecified atom stereocenters. The Kier molecular flexibility index (Phi) is 9.10. The van der Waals surface area contributed by atoms with Crippen molar-refractivity contribution >= 4 is 68.3 Å². The van der Waals surface area contributed by atoms with Crippen LogP contribution in [0.5, 0.6) is 11.5 Å². The van der Waals surface area contributed by atoms with Gasteiger partial charge in [0.25, 0.3) is 11.1 Å². The zero-order valence-electron chi connectivity index (χ0n) is 18.4. The number of halogens is 1. The first-order chi connectivity index (χ1) is 16.4. The van der Waals surface area contributed by atoms with Gasteiger partial charge in [0.05, 0.1) is 16.0 Å². The number of nitrogens with zero attached hydrogens (tertiary/aromatic N) is 1. The van der Waals surface area contributed by atoms with Crippen LogP contribution < -0.4 is 14.8 Å². The molecule has 0 bridgehead atoms. The normalized spacial score (nSPS) is 14.3. The number of thioether (sulfide) groups is 2. The summed E-state index contributed by atoms with van der Waals surface area (Å²) in [7, 11) is 0. The highest BCUT2D eigenvalue weighted by atomic mass is 79.9. The first-order valence-electron chi connectivity index (χ1n) is 10.1. The van der Waals surface area contributed by atoms with Gasteiger partial charge in [-0.2, -0.15) is 0 Å². The van der Waals surface area contributed by atoms with E-state index in [9.17, 15) is 14.4 Å². The quantitative estimate of drug-likeness (QED) is 0.254. The van der Waals surface area contributed by atoms with Crippen LogP contribution in [0.1, 0.15) is 12.5 Å². The molecule has 1 aliphatic heterocycles. The summed E-state index contributed by atoms with van der Waals surface area (Å²) in [5, 5.41) is 2.21. The second-order valence-electron chi connectivity index (χ2n) is 6.80. The molecular formula is C24H21BrN2O5S2. The number of ether oxygens (including phenoxy) is 2. The zero-order chi connectivity index (χ0) is 24.7. The van der Waals surface area contributed by atoms with Crippen molar-refractivity contribution in [2.45, 2.75) is 11.8 Å². The average molecular weight is 561 g/mol. The molecule has 0 aliphatic carbocycles. The van der Waals surface area contributed by atoms with Gasteiger partial charge in [-0.1, -0.05) is 12.0 Å². The van der Waals surface area contributed by atoms with E-state index in [0.29, 0.717) is 33.8 Å². The fraction of sp³-hybridized carbons (Fsp3) is 0.208. The molecule has 10 heteroatoms. The van der Waals surface area contributed by atoms with Gasteiger partial charge in [-0.15, -0.1) is 18.2 Å². The van der Waals surface area contributed by atoms with Gasteiger partial charge >= 0.3 is 0 Å². The third-order valence-electron chi connectivity index (χ3n) is 4.46. The number of nitrogens with one attached hydrogen (secondary N) is 1. The summed E-state index contributed by atoms with van der Waals surface area (Å²) in [6.07, 6.45) is 8.78.